The highest BCUT2D eigenvalue weighted by atomic mass is 16.4. The fraction of sp³-hybridized carbons (Fsp3) is 0.833. The van der Waals surface area contributed by atoms with Crippen molar-refractivity contribution in [1.82, 2.24) is 0 Å². The molecular weight excluding hydrogens is 470 g/mol. The fourth-order valence-corrected chi connectivity index (χ4v) is 5.01. The average Bonchev–Trinajstić information content (AvgIpc) is 2.86. The molecule has 0 aliphatic heterocycles. The third kappa shape index (κ3) is 16.5. The number of hydrogen-bond donors (Lipinski definition) is 3. The fourth-order valence-electron chi connectivity index (χ4n) is 5.01. The van der Waals surface area contributed by atoms with Crippen molar-refractivity contribution in [3.05, 3.63) is 12.2 Å². The Labute approximate surface area is 225 Å². The quantitative estimate of drug-likeness (QED) is 0.0670. The lowest BCUT2D eigenvalue weighted by Gasteiger charge is -2.42. The van der Waals surface area contributed by atoms with Gasteiger partial charge in [0, 0.05) is 6.42 Å². The van der Waals surface area contributed by atoms with Crippen molar-refractivity contribution < 1.29 is 34.2 Å². The van der Waals surface area contributed by atoms with Gasteiger partial charge in [0.05, 0.1) is 32.1 Å². The summed E-state index contributed by atoms with van der Waals surface area (Å²) in [5, 5.41) is 28.9. The molecule has 0 aliphatic rings. The molecule has 0 spiro atoms. The van der Waals surface area contributed by atoms with Crippen LogP contribution in [-0.4, -0.2) is 63.9 Å². The van der Waals surface area contributed by atoms with E-state index in [0.29, 0.717) is 49.9 Å². The molecule has 37 heavy (non-hydrogen) atoms. The standard InChI is InChI=1S/C30H55NO6/c1-5-8-9-10-11-12-13-14-15-16-17-18-19-21-31(22-20-25(4)28(32)33,23-26(6-2)29(34)35)24-27(7-3)30(36)37/h14-15,25-27H,5-13,16-24H2,1-4H3,(H2-,32,33,34,35,36,37)/p+1/b15-14+. The van der Waals surface area contributed by atoms with Crippen molar-refractivity contribution in [1.29, 1.82) is 0 Å². The highest BCUT2D eigenvalue weighted by Gasteiger charge is 2.37. The van der Waals surface area contributed by atoms with Crippen molar-refractivity contribution in [2.45, 2.75) is 118 Å². The second-order valence-electron chi connectivity index (χ2n) is 10.9. The van der Waals surface area contributed by atoms with Crippen LogP contribution in [0.2, 0.25) is 0 Å². The van der Waals surface area contributed by atoms with Gasteiger partial charge in [0.15, 0.2) is 0 Å². The molecule has 0 radical (unpaired) electrons. The van der Waals surface area contributed by atoms with E-state index in [1.807, 2.05) is 13.8 Å². The molecule has 3 unspecified atom stereocenters. The molecule has 3 atom stereocenters. The van der Waals surface area contributed by atoms with Crippen LogP contribution in [0.1, 0.15) is 118 Å². The molecule has 0 heterocycles. The summed E-state index contributed by atoms with van der Waals surface area (Å²) in [4.78, 5) is 35.3. The topological polar surface area (TPSA) is 112 Å². The largest absolute Gasteiger partial charge is 0.481 e. The third-order valence-corrected chi connectivity index (χ3v) is 7.75. The first kappa shape index (κ1) is 35.1. The Kier molecular flexibility index (Phi) is 20.0. The van der Waals surface area contributed by atoms with E-state index in [2.05, 4.69) is 19.1 Å². The Bertz CT molecular complexity index is 638. The molecule has 0 bridgehead atoms. The minimum absolute atomic E-state index is 0.347. The number of aliphatic carboxylic acids is 3. The molecule has 0 rings (SSSR count). The summed E-state index contributed by atoms with van der Waals surface area (Å²) >= 11 is 0. The van der Waals surface area contributed by atoms with Crippen LogP contribution in [0.25, 0.3) is 0 Å². The maximum Gasteiger partial charge on any atom is 0.312 e. The van der Waals surface area contributed by atoms with Crippen molar-refractivity contribution in [3.8, 4) is 0 Å². The monoisotopic (exact) mass is 526 g/mol. The van der Waals surface area contributed by atoms with Crippen LogP contribution < -0.4 is 0 Å². The molecule has 3 N–H and O–H groups in total. The highest BCUT2D eigenvalue weighted by Crippen LogP contribution is 2.24. The van der Waals surface area contributed by atoms with E-state index in [1.54, 1.807) is 6.92 Å². The maximum atomic E-state index is 11.9. The second-order valence-corrected chi connectivity index (χ2v) is 10.9. The summed E-state index contributed by atoms with van der Waals surface area (Å²) in [6, 6.07) is 0. The van der Waals surface area contributed by atoms with E-state index < -0.39 is 35.7 Å². The Morgan fingerprint density at radius 1 is 0.649 bits per heavy atom. The smallest absolute Gasteiger partial charge is 0.312 e. The first-order chi connectivity index (χ1) is 17.6. The lowest BCUT2D eigenvalue weighted by atomic mass is 9.97. The van der Waals surface area contributed by atoms with E-state index in [9.17, 15) is 29.7 Å². The van der Waals surface area contributed by atoms with Crippen LogP contribution in [0.3, 0.4) is 0 Å². The van der Waals surface area contributed by atoms with Gasteiger partial charge in [0.25, 0.3) is 0 Å². The van der Waals surface area contributed by atoms with Gasteiger partial charge in [0.2, 0.25) is 0 Å². The van der Waals surface area contributed by atoms with E-state index >= 15 is 0 Å². The molecule has 7 heteroatoms. The molecule has 0 aromatic carbocycles. The highest BCUT2D eigenvalue weighted by molar-refractivity contribution is 5.70. The normalized spacial score (nSPS) is 15.8. The van der Waals surface area contributed by atoms with Crippen LogP contribution in [0, 0.1) is 17.8 Å². The molecule has 0 amide bonds. The molecule has 0 aromatic rings. The number of rotatable bonds is 25. The third-order valence-electron chi connectivity index (χ3n) is 7.75. The van der Waals surface area contributed by atoms with E-state index in [1.165, 1.54) is 38.5 Å². The SMILES string of the molecule is CCCCCCCC/C=C/CCCCC[N+](CCC(C)C(=O)O)(CC(CC)C(=O)O)CC(CC)C(=O)O. The van der Waals surface area contributed by atoms with Gasteiger partial charge < -0.3 is 19.8 Å². The molecule has 0 aromatic heterocycles. The number of carboxylic acids is 3. The van der Waals surface area contributed by atoms with Gasteiger partial charge in [-0.25, -0.2) is 0 Å². The number of carbonyl (C=O) groups is 3. The van der Waals surface area contributed by atoms with E-state index in [-0.39, 0.29) is 0 Å². The Morgan fingerprint density at radius 2 is 1.11 bits per heavy atom. The molecule has 0 saturated carbocycles. The van der Waals surface area contributed by atoms with Crippen LogP contribution in [0.5, 0.6) is 0 Å². The average molecular weight is 527 g/mol. The summed E-state index contributed by atoms with van der Waals surface area (Å²) in [5.41, 5.74) is 0. The van der Waals surface area contributed by atoms with Gasteiger partial charge in [0.1, 0.15) is 11.8 Å². The zero-order valence-corrected chi connectivity index (χ0v) is 24.1. The Hall–Kier alpha value is -1.89. The molecule has 216 valence electrons. The Balaban J connectivity index is 5.10. The lowest BCUT2D eigenvalue weighted by molar-refractivity contribution is -0.933. The maximum absolute atomic E-state index is 11.9. The first-order valence-electron chi connectivity index (χ1n) is 14.8. The minimum atomic E-state index is -0.874. The van der Waals surface area contributed by atoms with Gasteiger partial charge >= 0.3 is 17.9 Å². The number of quaternary nitrogens is 1. The molecule has 7 nitrogen and oxygen atoms in total. The summed E-state index contributed by atoms with van der Waals surface area (Å²) in [5.74, 6) is -4.30. The van der Waals surface area contributed by atoms with Crippen LogP contribution in [-0.2, 0) is 14.4 Å². The van der Waals surface area contributed by atoms with Crippen LogP contribution in [0.15, 0.2) is 12.2 Å². The van der Waals surface area contributed by atoms with Gasteiger partial charge in [-0.05, 0) is 51.4 Å². The van der Waals surface area contributed by atoms with Crippen molar-refractivity contribution >= 4 is 17.9 Å². The van der Waals surface area contributed by atoms with Crippen LogP contribution in [0.4, 0.5) is 0 Å². The summed E-state index contributed by atoms with van der Waals surface area (Å²) < 4.78 is 0.362. The number of hydrogen-bond acceptors (Lipinski definition) is 3. The number of allylic oxidation sites excluding steroid dienone is 2. The zero-order valence-electron chi connectivity index (χ0n) is 24.1. The Morgan fingerprint density at radius 3 is 1.54 bits per heavy atom. The van der Waals surface area contributed by atoms with Gasteiger partial charge in [-0.2, -0.15) is 0 Å². The van der Waals surface area contributed by atoms with E-state index in [4.69, 9.17) is 0 Å². The van der Waals surface area contributed by atoms with Crippen LogP contribution >= 0.6 is 0 Å². The summed E-state index contributed by atoms with van der Waals surface area (Å²) in [7, 11) is 0. The number of unbranched alkanes of at least 4 members (excludes halogenated alkanes) is 9. The van der Waals surface area contributed by atoms with Gasteiger partial charge in [-0.1, -0.05) is 72.0 Å². The first-order valence-corrected chi connectivity index (χ1v) is 14.8. The second kappa shape index (κ2) is 21.1. The number of carboxylic acid groups (broad SMARTS) is 3. The predicted molar refractivity (Wildman–Crippen MR) is 150 cm³/mol. The predicted octanol–water partition coefficient (Wildman–Crippen LogP) is 7.00. The van der Waals surface area contributed by atoms with E-state index in [0.717, 1.165) is 32.1 Å². The molecule has 0 fully saturated rings. The molecule has 0 aliphatic carbocycles. The van der Waals surface area contributed by atoms with Gasteiger partial charge in [-0.3, -0.25) is 14.4 Å². The molecule has 0 saturated heterocycles. The lowest BCUT2D eigenvalue weighted by Crippen LogP contribution is -2.56. The number of nitrogens with zero attached hydrogens (tertiary/aromatic N) is 1. The van der Waals surface area contributed by atoms with Crippen molar-refractivity contribution in [3.63, 3.8) is 0 Å². The van der Waals surface area contributed by atoms with Crippen molar-refractivity contribution in [2.75, 3.05) is 26.2 Å². The molecular formula is C30H56NO6+. The minimum Gasteiger partial charge on any atom is -0.481 e. The zero-order chi connectivity index (χ0) is 28.1. The summed E-state index contributed by atoms with van der Waals surface area (Å²) in [6.45, 7) is 9.45. The van der Waals surface area contributed by atoms with Crippen molar-refractivity contribution in [2.24, 2.45) is 17.8 Å². The summed E-state index contributed by atoms with van der Waals surface area (Å²) in [6.07, 6.45) is 18.8. The van der Waals surface area contributed by atoms with Gasteiger partial charge in [-0.15, -0.1) is 0 Å².